The minimum absolute atomic E-state index is 0.721. The van der Waals surface area contributed by atoms with Crippen LogP contribution in [-0.4, -0.2) is 44.3 Å². The van der Waals surface area contributed by atoms with Crippen molar-refractivity contribution in [1.82, 2.24) is 4.31 Å². The molecular formula is C6H15NO3S. The van der Waals surface area contributed by atoms with E-state index in [1.54, 1.807) is 0 Å². The van der Waals surface area contributed by atoms with E-state index >= 15 is 0 Å². The van der Waals surface area contributed by atoms with Crippen LogP contribution in [0.15, 0.2) is 0 Å². The first-order valence-corrected chi connectivity index (χ1v) is 5.35. The Labute approximate surface area is 67.9 Å². The molecule has 0 atom stereocenters. The lowest BCUT2D eigenvalue weighted by molar-refractivity contribution is 0.399. The molecule has 0 amide bonds. The van der Waals surface area contributed by atoms with E-state index in [-0.39, 0.29) is 0 Å². The van der Waals surface area contributed by atoms with Crippen LogP contribution in [0.1, 0.15) is 12.8 Å². The molecule has 0 spiro atoms. The summed E-state index contributed by atoms with van der Waals surface area (Å²) in [5, 5.41) is 7.00. The number of sulfonamides is 1. The van der Waals surface area contributed by atoms with E-state index in [0.29, 0.717) is 0 Å². The van der Waals surface area contributed by atoms with Crippen LogP contribution in [-0.2, 0) is 10.0 Å². The standard InChI is InChI=1S/C5H11NO2S.CH4O/c1-9(7,8)6-4-2-3-5-6;1-2/h2-5H2,1H3;2H,1H3. The van der Waals surface area contributed by atoms with Crippen molar-refractivity contribution in [3.8, 4) is 0 Å². The van der Waals surface area contributed by atoms with Gasteiger partial charge in [0.15, 0.2) is 0 Å². The van der Waals surface area contributed by atoms with E-state index in [2.05, 4.69) is 0 Å². The minimum Gasteiger partial charge on any atom is -0.400 e. The van der Waals surface area contributed by atoms with Crippen LogP contribution in [0.25, 0.3) is 0 Å². The number of hydrogen-bond donors (Lipinski definition) is 1. The van der Waals surface area contributed by atoms with Crippen LogP contribution in [0.2, 0.25) is 0 Å². The van der Waals surface area contributed by atoms with Gasteiger partial charge in [0.25, 0.3) is 0 Å². The summed E-state index contributed by atoms with van der Waals surface area (Å²) in [5.74, 6) is 0. The molecule has 0 radical (unpaired) electrons. The molecule has 5 heteroatoms. The Morgan fingerprint density at radius 1 is 1.18 bits per heavy atom. The van der Waals surface area contributed by atoms with Crippen LogP contribution < -0.4 is 0 Å². The molecule has 0 bridgehead atoms. The molecule has 1 saturated heterocycles. The van der Waals surface area contributed by atoms with Crippen molar-refractivity contribution in [1.29, 1.82) is 0 Å². The molecule has 0 saturated carbocycles. The second kappa shape index (κ2) is 4.69. The van der Waals surface area contributed by atoms with Crippen molar-refractivity contribution in [2.24, 2.45) is 0 Å². The molecule has 1 aliphatic rings. The third-order valence-electron chi connectivity index (χ3n) is 1.53. The normalized spacial score (nSPS) is 19.2. The van der Waals surface area contributed by atoms with Gasteiger partial charge in [0, 0.05) is 20.2 Å². The highest BCUT2D eigenvalue weighted by molar-refractivity contribution is 7.88. The van der Waals surface area contributed by atoms with E-state index in [4.69, 9.17) is 5.11 Å². The molecule has 0 aromatic rings. The molecule has 11 heavy (non-hydrogen) atoms. The molecule has 1 rings (SSSR count). The predicted octanol–water partition coefficient (Wildman–Crippen LogP) is -0.350. The Kier molecular flexibility index (Phi) is 4.63. The first-order valence-electron chi connectivity index (χ1n) is 3.50. The Hall–Kier alpha value is -0.130. The number of hydrogen-bond acceptors (Lipinski definition) is 3. The molecule has 0 aliphatic carbocycles. The largest absolute Gasteiger partial charge is 0.400 e. The first kappa shape index (κ1) is 10.9. The summed E-state index contributed by atoms with van der Waals surface area (Å²) in [7, 11) is -1.87. The average molecular weight is 181 g/mol. The van der Waals surface area contributed by atoms with Gasteiger partial charge in [0.05, 0.1) is 6.26 Å². The van der Waals surface area contributed by atoms with Gasteiger partial charge in [-0.3, -0.25) is 0 Å². The van der Waals surface area contributed by atoms with Gasteiger partial charge in [-0.2, -0.15) is 0 Å². The molecule has 68 valence electrons. The fraction of sp³-hybridized carbons (Fsp3) is 1.00. The summed E-state index contributed by atoms with van der Waals surface area (Å²) in [6.07, 6.45) is 3.30. The second-order valence-corrected chi connectivity index (χ2v) is 4.35. The van der Waals surface area contributed by atoms with Gasteiger partial charge in [-0.25, -0.2) is 12.7 Å². The lowest BCUT2D eigenvalue weighted by Crippen LogP contribution is -2.26. The Morgan fingerprint density at radius 2 is 1.55 bits per heavy atom. The Bertz CT molecular complexity index is 182. The second-order valence-electron chi connectivity index (χ2n) is 2.37. The van der Waals surface area contributed by atoms with Gasteiger partial charge < -0.3 is 5.11 Å². The van der Waals surface area contributed by atoms with Crippen LogP contribution in [0.4, 0.5) is 0 Å². The first-order chi connectivity index (χ1) is 5.11. The van der Waals surface area contributed by atoms with Crippen molar-refractivity contribution in [2.45, 2.75) is 12.8 Å². The van der Waals surface area contributed by atoms with Crippen molar-refractivity contribution in [2.75, 3.05) is 26.5 Å². The van der Waals surface area contributed by atoms with Crippen LogP contribution >= 0.6 is 0 Å². The van der Waals surface area contributed by atoms with Gasteiger partial charge in [-0.1, -0.05) is 0 Å². The van der Waals surface area contributed by atoms with Crippen molar-refractivity contribution >= 4 is 10.0 Å². The maximum Gasteiger partial charge on any atom is 0.211 e. The summed E-state index contributed by atoms with van der Waals surface area (Å²) in [5.41, 5.74) is 0. The lowest BCUT2D eigenvalue weighted by Gasteiger charge is -2.09. The smallest absolute Gasteiger partial charge is 0.211 e. The molecule has 0 aromatic carbocycles. The van der Waals surface area contributed by atoms with Gasteiger partial charge in [0.1, 0.15) is 0 Å². The van der Waals surface area contributed by atoms with Gasteiger partial charge >= 0.3 is 0 Å². The molecule has 1 fully saturated rings. The van der Waals surface area contributed by atoms with Crippen LogP contribution in [0.3, 0.4) is 0 Å². The molecule has 1 N–H and O–H groups in total. The zero-order chi connectivity index (χ0) is 8.91. The highest BCUT2D eigenvalue weighted by Crippen LogP contribution is 2.10. The maximum absolute atomic E-state index is 10.8. The van der Waals surface area contributed by atoms with Gasteiger partial charge in [-0.05, 0) is 12.8 Å². The third-order valence-corrected chi connectivity index (χ3v) is 2.84. The van der Waals surface area contributed by atoms with Crippen LogP contribution in [0.5, 0.6) is 0 Å². The summed E-state index contributed by atoms with van der Waals surface area (Å²) in [4.78, 5) is 0. The SMILES string of the molecule is CO.CS(=O)(=O)N1CCCC1. The molecule has 4 nitrogen and oxygen atoms in total. The predicted molar refractivity (Wildman–Crippen MR) is 43.8 cm³/mol. The van der Waals surface area contributed by atoms with Gasteiger partial charge in [0.2, 0.25) is 10.0 Å². The minimum atomic E-state index is -2.87. The molecule has 0 unspecified atom stereocenters. The fourth-order valence-electron chi connectivity index (χ4n) is 1.02. The topological polar surface area (TPSA) is 57.6 Å². The number of aliphatic hydroxyl groups excluding tert-OH is 1. The van der Waals surface area contributed by atoms with E-state index in [1.165, 1.54) is 10.6 Å². The molecule has 1 heterocycles. The van der Waals surface area contributed by atoms with E-state index < -0.39 is 10.0 Å². The number of rotatable bonds is 1. The quantitative estimate of drug-likeness (QED) is 0.601. The summed E-state index contributed by atoms with van der Waals surface area (Å²) >= 11 is 0. The Morgan fingerprint density at radius 3 is 1.73 bits per heavy atom. The third kappa shape index (κ3) is 3.69. The van der Waals surface area contributed by atoms with Crippen molar-refractivity contribution in [3.05, 3.63) is 0 Å². The fourth-order valence-corrected chi connectivity index (χ4v) is 1.94. The van der Waals surface area contributed by atoms with E-state index in [9.17, 15) is 8.42 Å². The molecular weight excluding hydrogens is 166 g/mol. The Balaban J connectivity index is 0.000000461. The summed E-state index contributed by atoms with van der Waals surface area (Å²) in [6.45, 7) is 1.44. The van der Waals surface area contributed by atoms with Gasteiger partial charge in [-0.15, -0.1) is 0 Å². The van der Waals surface area contributed by atoms with Crippen molar-refractivity contribution < 1.29 is 13.5 Å². The lowest BCUT2D eigenvalue weighted by atomic mass is 10.4. The number of aliphatic hydroxyl groups is 1. The average Bonchev–Trinajstić information content (AvgIpc) is 2.40. The van der Waals surface area contributed by atoms with Crippen molar-refractivity contribution in [3.63, 3.8) is 0 Å². The molecule has 0 aromatic heterocycles. The zero-order valence-electron chi connectivity index (χ0n) is 6.95. The summed E-state index contributed by atoms with van der Waals surface area (Å²) in [6, 6.07) is 0. The van der Waals surface area contributed by atoms with E-state index in [1.807, 2.05) is 0 Å². The zero-order valence-corrected chi connectivity index (χ0v) is 7.76. The highest BCUT2D eigenvalue weighted by Gasteiger charge is 2.19. The number of nitrogens with zero attached hydrogens (tertiary/aromatic N) is 1. The highest BCUT2D eigenvalue weighted by atomic mass is 32.2. The molecule has 1 aliphatic heterocycles. The monoisotopic (exact) mass is 181 g/mol. The van der Waals surface area contributed by atoms with Crippen LogP contribution in [0, 0.1) is 0 Å². The van der Waals surface area contributed by atoms with E-state index in [0.717, 1.165) is 33.0 Å². The summed E-state index contributed by atoms with van der Waals surface area (Å²) < 4.78 is 23.0. The maximum atomic E-state index is 10.8.